The molecule has 0 saturated heterocycles. The number of nitrogens with one attached hydrogen (secondary N) is 1. The zero-order valence-corrected chi connectivity index (χ0v) is 7.88. The van der Waals surface area contributed by atoms with Crippen LogP contribution in [0.4, 0.5) is 0 Å². The van der Waals surface area contributed by atoms with Crippen LogP contribution >= 0.6 is 11.5 Å². The topological polar surface area (TPSA) is 95.9 Å². The van der Waals surface area contributed by atoms with Gasteiger partial charge in [0.05, 0.1) is 0 Å². The third kappa shape index (κ3) is 1.18. The van der Waals surface area contributed by atoms with Crippen LogP contribution in [0.3, 0.4) is 0 Å². The van der Waals surface area contributed by atoms with Gasteiger partial charge in [-0.1, -0.05) is 0 Å². The Morgan fingerprint density at radius 1 is 1.57 bits per heavy atom. The molecule has 0 fully saturated rings. The second kappa shape index (κ2) is 2.88. The Morgan fingerprint density at radius 2 is 2.29 bits per heavy atom. The van der Waals surface area contributed by atoms with Crippen LogP contribution in [0.15, 0.2) is 4.79 Å². The standard InChI is InChI=1S/C7H5N3O3S/c1-2-8-3-4(7(12)13)10-14-5(3)6(11)9-2/h1H3,(H,12,13)(H,8,9,11). The molecule has 0 aliphatic rings. The van der Waals surface area contributed by atoms with E-state index in [-0.39, 0.29) is 21.5 Å². The fraction of sp³-hybridized carbons (Fsp3) is 0.143. The van der Waals surface area contributed by atoms with E-state index in [1.165, 1.54) is 0 Å². The summed E-state index contributed by atoms with van der Waals surface area (Å²) < 4.78 is 3.90. The monoisotopic (exact) mass is 211 g/mol. The number of carboxylic acid groups (broad SMARTS) is 1. The zero-order valence-electron chi connectivity index (χ0n) is 7.07. The molecular weight excluding hydrogens is 206 g/mol. The Labute approximate surface area is 81.4 Å². The van der Waals surface area contributed by atoms with E-state index < -0.39 is 5.97 Å². The number of rotatable bonds is 1. The number of carboxylic acids is 1. The van der Waals surface area contributed by atoms with Gasteiger partial charge in [-0.2, -0.15) is 4.37 Å². The third-order valence-corrected chi connectivity index (χ3v) is 2.49. The van der Waals surface area contributed by atoms with Crippen molar-refractivity contribution in [3.05, 3.63) is 21.9 Å². The maximum absolute atomic E-state index is 11.3. The van der Waals surface area contributed by atoms with Crippen LogP contribution in [0, 0.1) is 6.92 Å². The minimum atomic E-state index is -1.17. The van der Waals surface area contributed by atoms with Crippen LogP contribution < -0.4 is 5.56 Å². The number of hydrogen-bond acceptors (Lipinski definition) is 5. The smallest absolute Gasteiger partial charge is 0.357 e. The molecule has 2 aromatic heterocycles. The van der Waals surface area contributed by atoms with Crippen LogP contribution in [0.1, 0.15) is 16.3 Å². The second-order valence-electron chi connectivity index (χ2n) is 2.67. The van der Waals surface area contributed by atoms with Crippen molar-refractivity contribution in [1.29, 1.82) is 0 Å². The summed E-state index contributed by atoms with van der Waals surface area (Å²) in [6.45, 7) is 1.59. The van der Waals surface area contributed by atoms with Gasteiger partial charge in [0.15, 0.2) is 5.69 Å². The van der Waals surface area contributed by atoms with Crippen molar-refractivity contribution in [3.8, 4) is 0 Å². The molecule has 0 atom stereocenters. The van der Waals surface area contributed by atoms with E-state index in [0.717, 1.165) is 11.5 Å². The number of aromatic carboxylic acids is 1. The molecule has 2 heterocycles. The highest BCUT2D eigenvalue weighted by atomic mass is 32.1. The van der Waals surface area contributed by atoms with Crippen LogP contribution in [0.5, 0.6) is 0 Å². The van der Waals surface area contributed by atoms with Gasteiger partial charge in [-0.25, -0.2) is 9.78 Å². The molecule has 0 amide bonds. The lowest BCUT2D eigenvalue weighted by Gasteiger charge is -1.92. The molecule has 2 N–H and O–H groups in total. The first-order valence-electron chi connectivity index (χ1n) is 3.69. The number of aromatic amines is 1. The summed E-state index contributed by atoms with van der Waals surface area (Å²) in [7, 11) is 0. The average Bonchev–Trinajstić information content (AvgIpc) is 2.47. The number of carbonyl (C=O) groups is 1. The molecule has 0 aromatic carbocycles. The Balaban J connectivity index is 2.92. The van der Waals surface area contributed by atoms with Gasteiger partial charge in [0, 0.05) is 0 Å². The number of H-pyrrole nitrogens is 1. The van der Waals surface area contributed by atoms with Crippen LogP contribution in [0.25, 0.3) is 10.2 Å². The summed E-state index contributed by atoms with van der Waals surface area (Å²) in [6.07, 6.45) is 0. The largest absolute Gasteiger partial charge is 0.476 e. The number of fused-ring (bicyclic) bond motifs is 1. The minimum Gasteiger partial charge on any atom is -0.476 e. The van der Waals surface area contributed by atoms with E-state index >= 15 is 0 Å². The molecule has 0 unspecified atom stereocenters. The summed E-state index contributed by atoms with van der Waals surface area (Å²) in [6, 6.07) is 0. The van der Waals surface area contributed by atoms with Gasteiger partial charge in [0.2, 0.25) is 0 Å². The van der Waals surface area contributed by atoms with Crippen LogP contribution in [0.2, 0.25) is 0 Å². The quantitative estimate of drug-likeness (QED) is 0.711. The fourth-order valence-electron chi connectivity index (χ4n) is 1.10. The zero-order chi connectivity index (χ0) is 10.3. The van der Waals surface area contributed by atoms with E-state index in [9.17, 15) is 9.59 Å². The maximum atomic E-state index is 11.3. The van der Waals surface area contributed by atoms with Crippen molar-refractivity contribution in [3.63, 3.8) is 0 Å². The highest BCUT2D eigenvalue weighted by Crippen LogP contribution is 2.16. The van der Waals surface area contributed by atoms with Gasteiger partial charge in [0.1, 0.15) is 16.0 Å². The molecule has 2 rings (SSSR count). The van der Waals surface area contributed by atoms with Gasteiger partial charge in [0.25, 0.3) is 5.56 Å². The van der Waals surface area contributed by atoms with Crippen molar-refractivity contribution >= 4 is 27.7 Å². The molecule has 0 aliphatic heterocycles. The highest BCUT2D eigenvalue weighted by Gasteiger charge is 2.16. The van der Waals surface area contributed by atoms with Crippen LogP contribution in [-0.2, 0) is 0 Å². The van der Waals surface area contributed by atoms with E-state index in [1.54, 1.807) is 6.92 Å². The van der Waals surface area contributed by atoms with E-state index in [4.69, 9.17) is 5.11 Å². The van der Waals surface area contributed by atoms with Crippen molar-refractivity contribution in [2.45, 2.75) is 6.92 Å². The predicted octanol–water partition coefficient (Wildman–Crippen LogP) is 0.386. The summed E-state index contributed by atoms with van der Waals surface area (Å²) in [5.41, 5.74) is -0.361. The van der Waals surface area contributed by atoms with Gasteiger partial charge in [-0.3, -0.25) is 4.79 Å². The number of aryl methyl sites for hydroxylation is 1. The number of hydrogen-bond donors (Lipinski definition) is 2. The predicted molar refractivity (Wildman–Crippen MR) is 49.7 cm³/mol. The van der Waals surface area contributed by atoms with Gasteiger partial charge < -0.3 is 10.1 Å². The van der Waals surface area contributed by atoms with E-state index in [1.807, 2.05) is 0 Å². The molecule has 0 bridgehead atoms. The molecule has 0 saturated carbocycles. The average molecular weight is 211 g/mol. The molecule has 2 aromatic rings. The van der Waals surface area contributed by atoms with Crippen molar-refractivity contribution in [2.24, 2.45) is 0 Å². The van der Waals surface area contributed by atoms with E-state index in [2.05, 4.69) is 14.3 Å². The Hall–Kier alpha value is -1.76. The highest BCUT2D eigenvalue weighted by molar-refractivity contribution is 7.13. The molecule has 72 valence electrons. The first-order valence-corrected chi connectivity index (χ1v) is 4.46. The molecule has 0 aliphatic carbocycles. The summed E-state index contributed by atoms with van der Waals surface area (Å²) in [5, 5.41) is 8.75. The second-order valence-corrected chi connectivity index (χ2v) is 3.44. The van der Waals surface area contributed by atoms with Crippen molar-refractivity contribution in [1.82, 2.24) is 14.3 Å². The Bertz CT molecular complexity index is 571. The lowest BCUT2D eigenvalue weighted by atomic mass is 10.3. The Morgan fingerprint density at radius 3 is 2.93 bits per heavy atom. The first kappa shape index (κ1) is 8.82. The molecule has 0 radical (unpaired) electrons. The first-order chi connectivity index (χ1) is 6.59. The summed E-state index contributed by atoms with van der Waals surface area (Å²) >= 11 is 0.841. The molecule has 0 spiro atoms. The maximum Gasteiger partial charge on any atom is 0.357 e. The van der Waals surface area contributed by atoms with Gasteiger partial charge in [-0.15, -0.1) is 0 Å². The minimum absolute atomic E-state index is 0.156. The molecule has 14 heavy (non-hydrogen) atoms. The number of aromatic nitrogens is 3. The fourth-order valence-corrected chi connectivity index (χ4v) is 1.80. The lowest BCUT2D eigenvalue weighted by Crippen LogP contribution is -2.09. The molecule has 6 nitrogen and oxygen atoms in total. The molecule has 7 heteroatoms. The van der Waals surface area contributed by atoms with Crippen molar-refractivity contribution in [2.75, 3.05) is 0 Å². The summed E-state index contributed by atoms with van der Waals surface area (Å²) in [5.74, 6) is -0.793. The van der Waals surface area contributed by atoms with Gasteiger partial charge in [-0.05, 0) is 18.5 Å². The molecular formula is C7H5N3O3S. The van der Waals surface area contributed by atoms with Gasteiger partial charge >= 0.3 is 5.97 Å². The SMILES string of the molecule is Cc1nc2c(C(=O)O)nsc2c(=O)[nH]1. The van der Waals surface area contributed by atoms with E-state index in [0.29, 0.717) is 5.82 Å². The van der Waals surface area contributed by atoms with Crippen molar-refractivity contribution < 1.29 is 9.90 Å². The lowest BCUT2D eigenvalue weighted by molar-refractivity contribution is 0.0694. The van der Waals surface area contributed by atoms with Crippen LogP contribution in [-0.4, -0.2) is 25.4 Å². The summed E-state index contributed by atoms with van der Waals surface area (Å²) in [4.78, 5) is 28.4. The normalized spacial score (nSPS) is 10.6. The third-order valence-electron chi connectivity index (χ3n) is 1.65. The number of nitrogens with zero attached hydrogens (tertiary/aromatic N) is 2. The Kier molecular flexibility index (Phi) is 1.81.